The van der Waals surface area contributed by atoms with Crippen LogP contribution in [0.2, 0.25) is 5.02 Å². The van der Waals surface area contributed by atoms with Crippen LogP contribution in [0.15, 0.2) is 30.4 Å². The molecule has 2 nitrogen and oxygen atoms in total. The first-order valence-electron chi connectivity index (χ1n) is 4.33. The normalized spacial score (nSPS) is 10.1. The van der Waals surface area contributed by atoms with E-state index in [9.17, 15) is 0 Å². The van der Waals surface area contributed by atoms with Crippen molar-refractivity contribution in [3.05, 3.63) is 40.9 Å². The molecule has 0 fully saturated rings. The van der Waals surface area contributed by atoms with Crippen molar-refractivity contribution in [1.29, 1.82) is 5.26 Å². The van der Waals surface area contributed by atoms with Gasteiger partial charge in [-0.05, 0) is 19.1 Å². The van der Waals surface area contributed by atoms with E-state index in [0.717, 1.165) is 5.69 Å². The van der Waals surface area contributed by atoms with Gasteiger partial charge < -0.3 is 5.32 Å². The molecule has 0 aliphatic carbocycles. The highest BCUT2D eigenvalue weighted by atomic mass is 35.5. The third-order valence-corrected chi connectivity index (χ3v) is 2.09. The molecule has 0 unspecified atom stereocenters. The molecule has 0 spiro atoms. The number of allylic oxidation sites excluding steroid dienone is 1. The number of nitrogens with one attached hydrogen (secondary N) is 1. The Morgan fingerprint density at radius 3 is 3.00 bits per heavy atom. The number of anilines is 1. The lowest BCUT2D eigenvalue weighted by Crippen LogP contribution is -2.00. The third-order valence-electron chi connectivity index (χ3n) is 1.77. The van der Waals surface area contributed by atoms with E-state index in [4.69, 9.17) is 16.9 Å². The smallest absolute Gasteiger partial charge is 0.103 e. The van der Waals surface area contributed by atoms with Gasteiger partial charge in [0.25, 0.3) is 0 Å². The largest absolute Gasteiger partial charge is 0.380 e. The highest BCUT2D eigenvalue weighted by molar-refractivity contribution is 6.32. The van der Waals surface area contributed by atoms with Gasteiger partial charge in [-0.15, -0.1) is 0 Å². The second-order valence-electron chi connectivity index (χ2n) is 2.72. The second-order valence-corrected chi connectivity index (χ2v) is 3.13. The monoisotopic (exact) mass is 206 g/mol. The Morgan fingerprint density at radius 2 is 2.36 bits per heavy atom. The molecule has 72 valence electrons. The van der Waals surface area contributed by atoms with Crippen LogP contribution in [0, 0.1) is 11.3 Å². The molecule has 0 amide bonds. The predicted molar refractivity (Wildman–Crippen MR) is 59.5 cm³/mol. The molecule has 1 aromatic carbocycles. The van der Waals surface area contributed by atoms with Crippen molar-refractivity contribution in [2.75, 3.05) is 11.9 Å². The van der Waals surface area contributed by atoms with Crippen LogP contribution in [-0.4, -0.2) is 6.54 Å². The van der Waals surface area contributed by atoms with Crippen LogP contribution < -0.4 is 5.32 Å². The maximum absolute atomic E-state index is 8.86. The van der Waals surface area contributed by atoms with Crippen LogP contribution in [0.4, 0.5) is 5.69 Å². The fraction of sp³-hybridized carbons (Fsp3) is 0.182. The predicted octanol–water partition coefficient (Wildman–Crippen LogP) is 3.20. The molecule has 0 saturated carbocycles. The summed E-state index contributed by atoms with van der Waals surface area (Å²) in [6.07, 6.45) is 3.92. The molecule has 14 heavy (non-hydrogen) atoms. The Balaban J connectivity index is 2.86. The third kappa shape index (κ3) is 2.51. The van der Waals surface area contributed by atoms with Crippen molar-refractivity contribution in [3.8, 4) is 6.07 Å². The van der Waals surface area contributed by atoms with Gasteiger partial charge in [0.1, 0.15) is 6.07 Å². The van der Waals surface area contributed by atoms with Crippen molar-refractivity contribution >= 4 is 17.3 Å². The van der Waals surface area contributed by atoms with Gasteiger partial charge in [0.2, 0.25) is 0 Å². The molecular formula is C11H11ClN2. The summed E-state index contributed by atoms with van der Waals surface area (Å²) in [4.78, 5) is 0. The molecule has 0 aromatic heterocycles. The molecule has 1 rings (SSSR count). The van der Waals surface area contributed by atoms with E-state index in [0.29, 0.717) is 17.1 Å². The van der Waals surface area contributed by atoms with Crippen LogP contribution in [0.25, 0.3) is 0 Å². The van der Waals surface area contributed by atoms with Gasteiger partial charge in [-0.25, -0.2) is 0 Å². The molecule has 0 aliphatic rings. The van der Waals surface area contributed by atoms with E-state index in [1.165, 1.54) is 0 Å². The van der Waals surface area contributed by atoms with Crippen LogP contribution in [0.5, 0.6) is 0 Å². The SMILES string of the molecule is C/C=C/CNc1cccc(Cl)c1C#N. The van der Waals surface area contributed by atoms with Crippen LogP contribution >= 0.6 is 11.6 Å². The number of rotatable bonds is 3. The molecule has 0 aliphatic heterocycles. The first kappa shape index (κ1) is 10.6. The summed E-state index contributed by atoms with van der Waals surface area (Å²) in [5.41, 5.74) is 1.27. The van der Waals surface area contributed by atoms with Crippen molar-refractivity contribution in [3.63, 3.8) is 0 Å². The average molecular weight is 207 g/mol. The van der Waals surface area contributed by atoms with E-state index in [1.54, 1.807) is 6.07 Å². The zero-order valence-corrected chi connectivity index (χ0v) is 8.67. The first-order chi connectivity index (χ1) is 6.79. The van der Waals surface area contributed by atoms with Crippen LogP contribution in [0.1, 0.15) is 12.5 Å². The summed E-state index contributed by atoms with van der Waals surface area (Å²) >= 11 is 5.86. The van der Waals surface area contributed by atoms with Crippen molar-refractivity contribution < 1.29 is 0 Å². The molecule has 0 saturated heterocycles. The van der Waals surface area contributed by atoms with Crippen LogP contribution in [-0.2, 0) is 0 Å². The first-order valence-corrected chi connectivity index (χ1v) is 4.71. The molecular weight excluding hydrogens is 196 g/mol. The Labute approximate surface area is 88.8 Å². The minimum atomic E-state index is 0.484. The molecule has 1 aromatic rings. The molecule has 0 heterocycles. The summed E-state index contributed by atoms with van der Waals surface area (Å²) in [7, 11) is 0. The van der Waals surface area contributed by atoms with Gasteiger partial charge in [-0.3, -0.25) is 0 Å². The summed E-state index contributed by atoms with van der Waals surface area (Å²) < 4.78 is 0. The van der Waals surface area contributed by atoms with E-state index < -0.39 is 0 Å². The lowest BCUT2D eigenvalue weighted by molar-refractivity contribution is 1.31. The zero-order chi connectivity index (χ0) is 10.4. The highest BCUT2D eigenvalue weighted by Crippen LogP contribution is 2.22. The quantitative estimate of drug-likeness (QED) is 0.771. The number of halogens is 1. The number of nitriles is 1. The maximum Gasteiger partial charge on any atom is 0.103 e. The topological polar surface area (TPSA) is 35.8 Å². The van der Waals surface area contributed by atoms with Crippen molar-refractivity contribution in [1.82, 2.24) is 0 Å². The van der Waals surface area contributed by atoms with E-state index in [-0.39, 0.29) is 0 Å². The fourth-order valence-corrected chi connectivity index (χ4v) is 1.29. The van der Waals surface area contributed by atoms with Crippen LogP contribution in [0.3, 0.4) is 0 Å². The van der Waals surface area contributed by atoms with Gasteiger partial charge >= 0.3 is 0 Å². The van der Waals surface area contributed by atoms with E-state index in [2.05, 4.69) is 11.4 Å². The summed E-state index contributed by atoms with van der Waals surface area (Å²) in [5.74, 6) is 0. The fourth-order valence-electron chi connectivity index (χ4n) is 1.07. The summed E-state index contributed by atoms with van der Waals surface area (Å²) in [6.45, 7) is 2.65. The molecule has 0 bridgehead atoms. The Morgan fingerprint density at radius 1 is 1.57 bits per heavy atom. The van der Waals surface area contributed by atoms with Gasteiger partial charge in [0.05, 0.1) is 16.3 Å². The minimum Gasteiger partial charge on any atom is -0.380 e. The molecule has 1 N–H and O–H groups in total. The van der Waals surface area contributed by atoms with Crippen molar-refractivity contribution in [2.45, 2.75) is 6.92 Å². The minimum absolute atomic E-state index is 0.484. The Bertz CT molecular complexity index is 377. The highest BCUT2D eigenvalue weighted by Gasteiger charge is 2.03. The van der Waals surface area contributed by atoms with Gasteiger partial charge in [0.15, 0.2) is 0 Å². The number of hydrogen-bond acceptors (Lipinski definition) is 2. The van der Waals surface area contributed by atoms with E-state index >= 15 is 0 Å². The average Bonchev–Trinajstić information content (AvgIpc) is 2.18. The van der Waals surface area contributed by atoms with Crippen molar-refractivity contribution in [2.24, 2.45) is 0 Å². The lowest BCUT2D eigenvalue weighted by Gasteiger charge is -2.06. The lowest BCUT2D eigenvalue weighted by atomic mass is 10.2. The van der Waals surface area contributed by atoms with Gasteiger partial charge in [-0.1, -0.05) is 29.8 Å². The molecule has 0 atom stereocenters. The zero-order valence-electron chi connectivity index (χ0n) is 7.92. The Kier molecular flexibility index (Phi) is 4.03. The van der Waals surface area contributed by atoms with Gasteiger partial charge in [-0.2, -0.15) is 5.26 Å². The number of hydrogen-bond donors (Lipinski definition) is 1. The molecule has 3 heteroatoms. The van der Waals surface area contributed by atoms with E-state index in [1.807, 2.05) is 31.2 Å². The number of benzene rings is 1. The maximum atomic E-state index is 8.86. The van der Waals surface area contributed by atoms with Gasteiger partial charge in [0, 0.05) is 6.54 Å². The Hall–Kier alpha value is -1.46. The molecule has 0 radical (unpaired) electrons. The number of nitrogens with zero attached hydrogens (tertiary/aromatic N) is 1. The summed E-state index contributed by atoms with van der Waals surface area (Å²) in [5, 5.41) is 12.5. The summed E-state index contributed by atoms with van der Waals surface area (Å²) in [6, 6.07) is 7.44. The second kappa shape index (κ2) is 5.31. The standard InChI is InChI=1S/C11H11ClN2/c1-2-3-7-14-11-6-4-5-10(12)9(11)8-13/h2-6,14H,7H2,1H3/b3-2+.